The van der Waals surface area contributed by atoms with Crippen LogP contribution in [0, 0.1) is 23.5 Å². The van der Waals surface area contributed by atoms with Gasteiger partial charge in [0, 0.05) is 19.1 Å². The summed E-state index contributed by atoms with van der Waals surface area (Å²) in [5.41, 5.74) is 0.705. The number of hydrogen-bond acceptors (Lipinski definition) is 3. The van der Waals surface area contributed by atoms with Crippen LogP contribution in [0.15, 0.2) is 18.2 Å². The summed E-state index contributed by atoms with van der Waals surface area (Å²) in [7, 11) is -3.14. The fraction of sp³-hybridized carbons (Fsp3) is 0.625. The molecule has 23 heavy (non-hydrogen) atoms. The summed E-state index contributed by atoms with van der Waals surface area (Å²) in [5.74, 6) is -1.27. The highest BCUT2D eigenvalue weighted by molar-refractivity contribution is 7.88. The van der Waals surface area contributed by atoms with Crippen molar-refractivity contribution in [2.24, 2.45) is 11.8 Å². The molecular weight excluding hydrogens is 322 g/mol. The third-order valence-electron chi connectivity index (χ3n) is 4.31. The van der Waals surface area contributed by atoms with E-state index in [4.69, 9.17) is 0 Å². The van der Waals surface area contributed by atoms with Crippen molar-refractivity contribution in [1.29, 1.82) is 0 Å². The standard InChI is InChI=1S/C16H24F2N2O2S/c1-11(2)16(13-4-5-14(17)15(18)8-13)19-9-12-6-7-20(10-12)23(3,21)22/h4-5,8,11-12,16,19H,6-7,9-10H2,1-3H3/t12-,16-/m1/s1. The molecule has 1 fully saturated rings. The van der Waals surface area contributed by atoms with Crippen LogP contribution in [0.2, 0.25) is 0 Å². The van der Waals surface area contributed by atoms with Crippen LogP contribution < -0.4 is 5.32 Å². The lowest BCUT2D eigenvalue weighted by atomic mass is 9.95. The fourth-order valence-electron chi connectivity index (χ4n) is 3.00. The normalized spacial score (nSPS) is 21.0. The summed E-state index contributed by atoms with van der Waals surface area (Å²) in [6.07, 6.45) is 2.03. The van der Waals surface area contributed by atoms with E-state index in [9.17, 15) is 17.2 Å². The van der Waals surface area contributed by atoms with Crippen molar-refractivity contribution < 1.29 is 17.2 Å². The Morgan fingerprint density at radius 2 is 2.00 bits per heavy atom. The van der Waals surface area contributed by atoms with Crippen molar-refractivity contribution >= 4 is 10.0 Å². The van der Waals surface area contributed by atoms with Crippen molar-refractivity contribution in [3.05, 3.63) is 35.4 Å². The molecule has 4 nitrogen and oxygen atoms in total. The topological polar surface area (TPSA) is 49.4 Å². The summed E-state index contributed by atoms with van der Waals surface area (Å²) in [6.45, 7) is 5.72. The molecule has 2 atom stereocenters. The zero-order valence-corrected chi connectivity index (χ0v) is 14.5. The van der Waals surface area contributed by atoms with E-state index in [1.807, 2.05) is 13.8 Å². The third-order valence-corrected chi connectivity index (χ3v) is 5.58. The second-order valence-electron chi connectivity index (χ2n) is 6.58. The lowest BCUT2D eigenvalue weighted by molar-refractivity contribution is 0.368. The minimum Gasteiger partial charge on any atom is -0.309 e. The Labute approximate surface area is 136 Å². The van der Waals surface area contributed by atoms with Crippen molar-refractivity contribution in [2.45, 2.75) is 26.3 Å². The van der Waals surface area contributed by atoms with Gasteiger partial charge in [-0.3, -0.25) is 0 Å². The Bertz CT molecular complexity index is 649. The van der Waals surface area contributed by atoms with Crippen LogP contribution in [0.3, 0.4) is 0 Å². The molecule has 7 heteroatoms. The maximum absolute atomic E-state index is 13.5. The Kier molecular flexibility index (Phi) is 5.75. The van der Waals surface area contributed by atoms with Gasteiger partial charge in [-0.15, -0.1) is 0 Å². The van der Waals surface area contributed by atoms with E-state index in [0.29, 0.717) is 25.2 Å². The molecule has 0 spiro atoms. The van der Waals surface area contributed by atoms with Crippen LogP contribution in [0.25, 0.3) is 0 Å². The van der Waals surface area contributed by atoms with Gasteiger partial charge in [-0.05, 0) is 42.5 Å². The summed E-state index contributed by atoms with van der Waals surface area (Å²) in [5, 5.41) is 3.39. The van der Waals surface area contributed by atoms with Gasteiger partial charge >= 0.3 is 0 Å². The number of halogens is 2. The molecule has 130 valence electrons. The van der Waals surface area contributed by atoms with Gasteiger partial charge in [0.25, 0.3) is 0 Å². The second-order valence-corrected chi connectivity index (χ2v) is 8.56. The molecular formula is C16H24F2N2O2S. The van der Waals surface area contributed by atoms with E-state index >= 15 is 0 Å². The quantitative estimate of drug-likeness (QED) is 0.861. The van der Waals surface area contributed by atoms with Gasteiger partial charge in [-0.2, -0.15) is 0 Å². The molecule has 0 aliphatic carbocycles. The van der Waals surface area contributed by atoms with Crippen molar-refractivity contribution in [3.8, 4) is 0 Å². The lowest BCUT2D eigenvalue weighted by Gasteiger charge is -2.25. The molecule has 0 unspecified atom stereocenters. The molecule has 1 aromatic carbocycles. The molecule has 1 aliphatic rings. The molecule has 1 heterocycles. The summed E-state index contributed by atoms with van der Waals surface area (Å²) in [6, 6.07) is 3.86. The van der Waals surface area contributed by atoms with Gasteiger partial charge in [0.05, 0.1) is 6.26 Å². The van der Waals surface area contributed by atoms with Gasteiger partial charge in [-0.1, -0.05) is 19.9 Å². The maximum atomic E-state index is 13.5. The number of sulfonamides is 1. The van der Waals surface area contributed by atoms with E-state index in [2.05, 4.69) is 5.32 Å². The highest BCUT2D eigenvalue weighted by Crippen LogP contribution is 2.25. The lowest BCUT2D eigenvalue weighted by Crippen LogP contribution is -2.33. The SMILES string of the molecule is CC(C)[C@@H](NC[C@H]1CCN(S(C)(=O)=O)C1)c1ccc(F)c(F)c1. The first kappa shape index (κ1) is 18.3. The molecule has 0 radical (unpaired) electrons. The number of benzene rings is 1. The molecule has 2 rings (SSSR count). The molecule has 0 amide bonds. The highest BCUT2D eigenvalue weighted by Gasteiger charge is 2.29. The summed E-state index contributed by atoms with van der Waals surface area (Å²) < 4.78 is 51.1. The van der Waals surface area contributed by atoms with Crippen molar-refractivity contribution in [2.75, 3.05) is 25.9 Å². The average Bonchev–Trinajstić information content (AvgIpc) is 2.91. The molecule has 0 bridgehead atoms. The zero-order valence-electron chi connectivity index (χ0n) is 13.7. The zero-order chi connectivity index (χ0) is 17.2. The summed E-state index contributed by atoms with van der Waals surface area (Å²) in [4.78, 5) is 0. The molecule has 0 aromatic heterocycles. The van der Waals surface area contributed by atoms with Gasteiger partial charge in [0.15, 0.2) is 11.6 Å². The van der Waals surface area contributed by atoms with E-state index < -0.39 is 21.7 Å². The average molecular weight is 346 g/mol. The van der Waals surface area contributed by atoms with Crippen molar-refractivity contribution in [3.63, 3.8) is 0 Å². The highest BCUT2D eigenvalue weighted by atomic mass is 32.2. The number of nitrogens with one attached hydrogen (secondary N) is 1. The van der Waals surface area contributed by atoms with Crippen LogP contribution in [-0.4, -0.2) is 38.6 Å². The first-order valence-electron chi connectivity index (χ1n) is 7.82. The number of hydrogen-bond donors (Lipinski definition) is 1. The van der Waals surface area contributed by atoms with Gasteiger partial charge in [0.1, 0.15) is 0 Å². The molecule has 0 saturated carbocycles. The second kappa shape index (κ2) is 7.23. The van der Waals surface area contributed by atoms with Crippen LogP contribution in [-0.2, 0) is 10.0 Å². The maximum Gasteiger partial charge on any atom is 0.211 e. The van der Waals surface area contributed by atoms with Crippen LogP contribution in [0.1, 0.15) is 31.9 Å². The molecule has 1 aliphatic heterocycles. The predicted molar refractivity (Wildman–Crippen MR) is 86.5 cm³/mol. The van der Waals surface area contributed by atoms with Gasteiger partial charge in [0.2, 0.25) is 10.0 Å². The summed E-state index contributed by atoms with van der Waals surface area (Å²) >= 11 is 0. The Morgan fingerprint density at radius 3 is 2.52 bits per heavy atom. The van der Waals surface area contributed by atoms with Crippen LogP contribution in [0.5, 0.6) is 0 Å². The van der Waals surface area contributed by atoms with Crippen LogP contribution >= 0.6 is 0 Å². The third kappa shape index (κ3) is 4.71. The minimum atomic E-state index is -3.14. The van der Waals surface area contributed by atoms with E-state index in [1.54, 1.807) is 6.07 Å². The first-order chi connectivity index (χ1) is 10.7. The molecule has 1 saturated heterocycles. The smallest absolute Gasteiger partial charge is 0.211 e. The van der Waals surface area contributed by atoms with Gasteiger partial charge < -0.3 is 5.32 Å². The molecule has 1 N–H and O–H groups in total. The number of nitrogens with zero attached hydrogens (tertiary/aromatic N) is 1. The van der Waals surface area contributed by atoms with E-state index in [0.717, 1.165) is 12.5 Å². The van der Waals surface area contributed by atoms with E-state index in [-0.39, 0.29) is 17.9 Å². The van der Waals surface area contributed by atoms with Crippen molar-refractivity contribution in [1.82, 2.24) is 9.62 Å². The largest absolute Gasteiger partial charge is 0.309 e. The Morgan fingerprint density at radius 1 is 1.30 bits per heavy atom. The fourth-order valence-corrected chi connectivity index (χ4v) is 3.92. The Hall–Kier alpha value is -1.05. The van der Waals surface area contributed by atoms with Crippen LogP contribution in [0.4, 0.5) is 8.78 Å². The monoisotopic (exact) mass is 346 g/mol. The predicted octanol–water partition coefficient (Wildman–Crippen LogP) is 2.53. The number of rotatable bonds is 6. The minimum absolute atomic E-state index is 0.0996. The molecule has 1 aromatic rings. The Balaban J connectivity index is 2.00. The first-order valence-corrected chi connectivity index (χ1v) is 9.66. The van der Waals surface area contributed by atoms with Gasteiger partial charge in [-0.25, -0.2) is 21.5 Å². The van der Waals surface area contributed by atoms with E-state index in [1.165, 1.54) is 16.6 Å².